The Bertz CT molecular complexity index is 1410. The van der Waals surface area contributed by atoms with Crippen LogP contribution in [0.3, 0.4) is 0 Å². The lowest BCUT2D eigenvalue weighted by atomic mass is 10.0. The van der Waals surface area contributed by atoms with Crippen molar-refractivity contribution < 1.29 is 18.0 Å². The molecule has 0 saturated heterocycles. The highest BCUT2D eigenvalue weighted by molar-refractivity contribution is 7.92. The summed E-state index contributed by atoms with van der Waals surface area (Å²) in [6.07, 6.45) is 1.98. The van der Waals surface area contributed by atoms with Crippen LogP contribution in [0, 0.1) is 19.8 Å². The first-order valence-electron chi connectivity index (χ1n) is 14.2. The molecule has 0 aliphatic rings. The van der Waals surface area contributed by atoms with E-state index in [9.17, 15) is 18.0 Å². The van der Waals surface area contributed by atoms with E-state index in [2.05, 4.69) is 5.32 Å². The minimum absolute atomic E-state index is 0.104. The molecule has 41 heavy (non-hydrogen) atoms. The van der Waals surface area contributed by atoms with Gasteiger partial charge in [-0.15, -0.1) is 0 Å². The maximum Gasteiger partial charge on any atom is 0.243 e. The van der Waals surface area contributed by atoms with Crippen LogP contribution in [-0.4, -0.2) is 50.5 Å². The number of amides is 2. The third-order valence-corrected chi connectivity index (χ3v) is 8.11. The van der Waals surface area contributed by atoms with Crippen molar-refractivity contribution in [1.82, 2.24) is 10.2 Å². The molecule has 0 spiro atoms. The van der Waals surface area contributed by atoms with Gasteiger partial charge in [-0.2, -0.15) is 0 Å². The fourth-order valence-corrected chi connectivity index (χ4v) is 5.83. The Kier molecular flexibility index (Phi) is 11.5. The largest absolute Gasteiger partial charge is 0.354 e. The second kappa shape index (κ2) is 14.8. The average molecular weight is 578 g/mol. The van der Waals surface area contributed by atoms with Crippen LogP contribution in [0.1, 0.15) is 48.9 Å². The zero-order valence-corrected chi connectivity index (χ0v) is 25.7. The standard InChI is InChI=1S/C33H43N3O4S/c1-25(2)23-34-33(38)31(22-28-15-7-6-8-16-28)35(24-29-17-11-13-26(3)21-29)32(37)19-12-20-36(41(5,39)40)30-18-10-9-14-27(30)4/h6-11,13-18,21,25,31H,12,19-20,22-24H2,1-5H3,(H,34,38)/t31-/m1/s1. The SMILES string of the molecule is Cc1cccc(CN(C(=O)CCCN(c2ccccc2C)S(C)(=O)=O)[C@H](Cc2ccccc2)C(=O)NCC(C)C)c1. The number of aryl methyl sites for hydroxylation is 2. The number of rotatable bonds is 14. The first kappa shape index (κ1) is 31.9. The predicted octanol–water partition coefficient (Wildman–Crippen LogP) is 5.26. The highest BCUT2D eigenvalue weighted by Crippen LogP contribution is 2.23. The van der Waals surface area contributed by atoms with Gasteiger partial charge in [-0.1, -0.05) is 92.2 Å². The molecule has 3 aromatic carbocycles. The molecule has 0 radical (unpaired) electrons. The molecule has 7 nitrogen and oxygen atoms in total. The number of sulfonamides is 1. The van der Waals surface area contributed by atoms with Gasteiger partial charge in [0.1, 0.15) is 6.04 Å². The van der Waals surface area contributed by atoms with E-state index < -0.39 is 16.1 Å². The van der Waals surface area contributed by atoms with Crippen molar-refractivity contribution in [3.8, 4) is 0 Å². The molecule has 0 bridgehead atoms. The predicted molar refractivity (Wildman–Crippen MR) is 166 cm³/mol. The van der Waals surface area contributed by atoms with Crippen molar-refractivity contribution in [2.24, 2.45) is 5.92 Å². The van der Waals surface area contributed by atoms with Crippen molar-refractivity contribution in [3.63, 3.8) is 0 Å². The van der Waals surface area contributed by atoms with Gasteiger partial charge in [0.05, 0.1) is 11.9 Å². The molecule has 220 valence electrons. The Hall–Kier alpha value is -3.65. The smallest absolute Gasteiger partial charge is 0.243 e. The van der Waals surface area contributed by atoms with E-state index in [1.807, 2.05) is 94.4 Å². The topological polar surface area (TPSA) is 86.8 Å². The summed E-state index contributed by atoms with van der Waals surface area (Å²) in [5.74, 6) is -0.118. The number of nitrogens with zero attached hydrogens (tertiary/aromatic N) is 2. The number of benzene rings is 3. The van der Waals surface area contributed by atoms with E-state index >= 15 is 0 Å². The summed E-state index contributed by atoms with van der Waals surface area (Å²) in [6.45, 7) is 8.88. The molecule has 3 aromatic rings. The van der Waals surface area contributed by atoms with Crippen LogP contribution in [0.15, 0.2) is 78.9 Å². The van der Waals surface area contributed by atoms with Crippen LogP contribution in [-0.2, 0) is 32.6 Å². The van der Waals surface area contributed by atoms with Crippen LogP contribution in [0.25, 0.3) is 0 Å². The number of carbonyl (C=O) groups is 2. The summed E-state index contributed by atoms with van der Waals surface area (Å²) in [4.78, 5) is 29.2. The van der Waals surface area contributed by atoms with Crippen LogP contribution in [0.4, 0.5) is 5.69 Å². The van der Waals surface area contributed by atoms with Crippen molar-refractivity contribution in [2.75, 3.05) is 23.7 Å². The monoisotopic (exact) mass is 577 g/mol. The Morgan fingerprint density at radius 3 is 2.17 bits per heavy atom. The van der Waals surface area contributed by atoms with Crippen LogP contribution < -0.4 is 9.62 Å². The second-order valence-corrected chi connectivity index (χ2v) is 13.0. The molecule has 8 heteroatoms. The highest BCUT2D eigenvalue weighted by Gasteiger charge is 2.30. The van der Waals surface area contributed by atoms with Crippen molar-refractivity contribution in [2.45, 2.75) is 59.5 Å². The first-order valence-corrected chi connectivity index (χ1v) is 16.0. The van der Waals surface area contributed by atoms with Gasteiger partial charge < -0.3 is 10.2 Å². The van der Waals surface area contributed by atoms with Gasteiger partial charge >= 0.3 is 0 Å². The Morgan fingerprint density at radius 2 is 1.54 bits per heavy atom. The molecule has 2 amide bonds. The molecular formula is C33H43N3O4S. The molecule has 0 aliphatic heterocycles. The van der Waals surface area contributed by atoms with Crippen LogP contribution >= 0.6 is 0 Å². The molecule has 1 N–H and O–H groups in total. The van der Waals surface area contributed by atoms with Crippen LogP contribution in [0.5, 0.6) is 0 Å². The molecule has 0 saturated carbocycles. The Balaban J connectivity index is 1.89. The minimum atomic E-state index is -3.55. The summed E-state index contributed by atoms with van der Waals surface area (Å²) in [5.41, 5.74) is 4.41. The average Bonchev–Trinajstić information content (AvgIpc) is 2.92. The Morgan fingerprint density at radius 1 is 0.878 bits per heavy atom. The summed E-state index contributed by atoms with van der Waals surface area (Å²) in [6, 6.07) is 24.2. The molecule has 0 aromatic heterocycles. The van der Waals surface area contributed by atoms with Gasteiger partial charge in [0.25, 0.3) is 0 Å². The van der Waals surface area contributed by atoms with Crippen molar-refractivity contribution >= 4 is 27.5 Å². The summed E-state index contributed by atoms with van der Waals surface area (Å²) in [5, 5.41) is 3.04. The van der Waals surface area contributed by atoms with E-state index in [1.54, 1.807) is 17.0 Å². The van der Waals surface area contributed by atoms with Crippen molar-refractivity contribution in [1.29, 1.82) is 0 Å². The third kappa shape index (κ3) is 9.74. The van der Waals surface area contributed by atoms with E-state index in [0.29, 0.717) is 25.1 Å². The number of nitrogens with one attached hydrogen (secondary N) is 1. The quantitative estimate of drug-likeness (QED) is 0.283. The minimum Gasteiger partial charge on any atom is -0.354 e. The van der Waals surface area contributed by atoms with Gasteiger partial charge in [0.15, 0.2) is 0 Å². The summed E-state index contributed by atoms with van der Waals surface area (Å²) >= 11 is 0. The molecule has 0 unspecified atom stereocenters. The number of carbonyl (C=O) groups excluding carboxylic acids is 2. The van der Waals surface area contributed by atoms with Gasteiger partial charge in [-0.05, 0) is 48.9 Å². The fourth-order valence-electron chi connectivity index (χ4n) is 4.81. The Labute approximate surface area is 245 Å². The lowest BCUT2D eigenvalue weighted by Crippen LogP contribution is -2.51. The molecule has 0 heterocycles. The zero-order valence-electron chi connectivity index (χ0n) is 24.8. The number of para-hydroxylation sites is 1. The van der Waals surface area contributed by atoms with Crippen molar-refractivity contribution in [3.05, 3.63) is 101 Å². The second-order valence-electron chi connectivity index (χ2n) is 11.1. The zero-order chi connectivity index (χ0) is 30.0. The van der Waals surface area contributed by atoms with Gasteiger partial charge in [-0.3, -0.25) is 13.9 Å². The van der Waals surface area contributed by atoms with E-state index in [4.69, 9.17) is 0 Å². The van der Waals surface area contributed by atoms with Gasteiger partial charge in [0.2, 0.25) is 21.8 Å². The summed E-state index contributed by atoms with van der Waals surface area (Å²) in [7, 11) is -3.55. The number of anilines is 1. The number of hydrogen-bond acceptors (Lipinski definition) is 4. The highest BCUT2D eigenvalue weighted by atomic mass is 32.2. The molecular weight excluding hydrogens is 534 g/mol. The summed E-state index contributed by atoms with van der Waals surface area (Å²) < 4.78 is 26.7. The van der Waals surface area contributed by atoms with E-state index in [0.717, 1.165) is 22.3 Å². The van der Waals surface area contributed by atoms with E-state index in [1.165, 1.54) is 10.6 Å². The fraction of sp³-hybridized carbons (Fsp3) is 0.394. The normalized spacial score (nSPS) is 12.1. The first-order chi connectivity index (χ1) is 19.5. The maximum atomic E-state index is 13.9. The third-order valence-electron chi connectivity index (χ3n) is 6.93. The lowest BCUT2D eigenvalue weighted by molar-refractivity contribution is -0.141. The van der Waals surface area contributed by atoms with E-state index in [-0.39, 0.29) is 37.2 Å². The maximum absolute atomic E-state index is 13.9. The van der Waals surface area contributed by atoms with Gasteiger partial charge in [0, 0.05) is 32.5 Å². The van der Waals surface area contributed by atoms with Crippen LogP contribution in [0.2, 0.25) is 0 Å². The lowest BCUT2D eigenvalue weighted by Gasteiger charge is -2.32. The number of hydrogen-bond donors (Lipinski definition) is 1. The molecule has 3 rings (SSSR count). The van der Waals surface area contributed by atoms with Gasteiger partial charge in [-0.25, -0.2) is 8.42 Å². The molecule has 1 atom stereocenters. The molecule has 0 fully saturated rings. The molecule has 0 aliphatic carbocycles.